The maximum Gasteiger partial charge on any atom is 0.268 e. The molecule has 1 aliphatic carbocycles. The summed E-state index contributed by atoms with van der Waals surface area (Å²) < 4.78 is 40.4. The van der Waals surface area contributed by atoms with E-state index < -0.39 is 15.6 Å². The molecule has 2 aliphatic rings. The predicted octanol–water partition coefficient (Wildman–Crippen LogP) is 6.55. The second-order valence-electron chi connectivity index (χ2n) is 11.9. The van der Waals surface area contributed by atoms with Crippen LogP contribution in [0.3, 0.4) is 0 Å². The number of methoxy groups -OCH3 is 1. The fourth-order valence-corrected chi connectivity index (χ4v) is 8.09. The minimum absolute atomic E-state index is 0.0789. The van der Waals surface area contributed by atoms with Crippen molar-refractivity contribution in [3.05, 3.63) is 71.7 Å². The highest BCUT2D eigenvalue weighted by Gasteiger charge is 2.49. The van der Waals surface area contributed by atoms with Gasteiger partial charge in [0.25, 0.3) is 15.9 Å². The van der Waals surface area contributed by atoms with Crippen LogP contribution in [0, 0.1) is 13.8 Å². The van der Waals surface area contributed by atoms with Gasteiger partial charge in [-0.15, -0.1) is 0 Å². The Hall–Kier alpha value is -4.09. The van der Waals surface area contributed by atoms with Gasteiger partial charge in [-0.2, -0.15) is 0 Å². The van der Waals surface area contributed by atoms with E-state index in [2.05, 4.69) is 17.1 Å². The van der Waals surface area contributed by atoms with Crippen LogP contribution in [0.15, 0.2) is 69.3 Å². The van der Waals surface area contributed by atoms with Crippen molar-refractivity contribution in [3.8, 4) is 11.1 Å². The highest BCUT2D eigenvalue weighted by atomic mass is 32.2. The average Bonchev–Trinajstić information content (AvgIpc) is 3.73. The van der Waals surface area contributed by atoms with Crippen LogP contribution < -0.4 is 4.31 Å². The minimum atomic E-state index is -4.15. The Morgan fingerprint density at radius 2 is 1.89 bits per heavy atom. The summed E-state index contributed by atoms with van der Waals surface area (Å²) in [6.07, 6.45) is 9.82. The molecule has 45 heavy (non-hydrogen) atoms. The molecular formula is C34H39N5O5S. The summed E-state index contributed by atoms with van der Waals surface area (Å²) in [5.74, 6) is 1.64. The van der Waals surface area contributed by atoms with Crippen LogP contribution in [0.4, 0.5) is 5.82 Å². The maximum absolute atomic E-state index is 14.3. The van der Waals surface area contributed by atoms with Crippen molar-refractivity contribution in [1.29, 1.82) is 0 Å². The van der Waals surface area contributed by atoms with Crippen LogP contribution in [0.2, 0.25) is 0 Å². The number of rotatable bonds is 11. The Labute approximate surface area is 264 Å². The Bertz CT molecular complexity index is 1880. The number of hydrogen-bond acceptors (Lipinski definition) is 8. The smallest absolute Gasteiger partial charge is 0.268 e. The van der Waals surface area contributed by atoms with Crippen molar-refractivity contribution in [1.82, 2.24) is 15.0 Å². The molecule has 1 saturated carbocycles. The minimum Gasteiger partial charge on any atom is -0.363 e. The number of carbonyl (C=O) groups is 1. The van der Waals surface area contributed by atoms with Gasteiger partial charge in [-0.3, -0.25) is 19.7 Å². The molecule has 11 heteroatoms. The molecule has 0 N–H and O–H groups in total. The van der Waals surface area contributed by atoms with E-state index in [1.54, 1.807) is 44.4 Å². The van der Waals surface area contributed by atoms with Gasteiger partial charge in [0.2, 0.25) is 0 Å². The number of aromatic nitrogens is 2. The second-order valence-corrected chi connectivity index (χ2v) is 13.8. The summed E-state index contributed by atoms with van der Waals surface area (Å²) in [4.78, 5) is 25.4. The third kappa shape index (κ3) is 5.52. The summed E-state index contributed by atoms with van der Waals surface area (Å²) in [5.41, 5.74) is 2.10. The van der Waals surface area contributed by atoms with Gasteiger partial charge in [-0.1, -0.05) is 49.5 Å². The monoisotopic (exact) mass is 629 g/mol. The highest BCUT2D eigenvalue weighted by molar-refractivity contribution is 7.93. The first kappa shape index (κ1) is 30.9. The van der Waals surface area contributed by atoms with E-state index in [0.29, 0.717) is 29.0 Å². The van der Waals surface area contributed by atoms with Gasteiger partial charge in [0.05, 0.1) is 11.4 Å². The number of ether oxygens (including phenoxy) is 1. The van der Waals surface area contributed by atoms with Gasteiger partial charge in [0.1, 0.15) is 23.9 Å². The normalized spacial score (nSPS) is 16.2. The summed E-state index contributed by atoms with van der Waals surface area (Å²) in [7, 11) is -2.71. The second kappa shape index (κ2) is 12.4. The first-order valence-electron chi connectivity index (χ1n) is 15.5. The molecule has 0 bridgehead atoms. The van der Waals surface area contributed by atoms with Gasteiger partial charge in [0, 0.05) is 42.4 Å². The fourth-order valence-electron chi connectivity index (χ4n) is 6.49. The van der Waals surface area contributed by atoms with E-state index in [9.17, 15) is 13.2 Å². The molecule has 0 atom stereocenters. The van der Waals surface area contributed by atoms with Gasteiger partial charge < -0.3 is 9.26 Å². The lowest BCUT2D eigenvalue weighted by molar-refractivity contribution is -0.131. The lowest BCUT2D eigenvalue weighted by Gasteiger charge is -2.24. The van der Waals surface area contributed by atoms with Crippen molar-refractivity contribution >= 4 is 38.4 Å². The van der Waals surface area contributed by atoms with Gasteiger partial charge >= 0.3 is 0 Å². The van der Waals surface area contributed by atoms with Gasteiger partial charge in [-0.05, 0) is 73.9 Å². The number of aliphatic imine (C=N–C) groups is 1. The number of hydrogen-bond donors (Lipinski definition) is 0. The first-order valence-corrected chi connectivity index (χ1v) is 17.0. The molecule has 0 unspecified atom stereocenters. The molecule has 2 aromatic carbocycles. The van der Waals surface area contributed by atoms with Crippen LogP contribution in [-0.4, -0.2) is 54.6 Å². The molecule has 2 aromatic heterocycles. The number of benzene rings is 2. The summed E-state index contributed by atoms with van der Waals surface area (Å²) >= 11 is 0. The summed E-state index contributed by atoms with van der Waals surface area (Å²) in [6.45, 7) is 5.75. The Kier molecular flexibility index (Phi) is 8.49. The number of amidine groups is 1. The summed E-state index contributed by atoms with van der Waals surface area (Å²) in [5, 5.41) is 5.85. The van der Waals surface area contributed by atoms with Crippen LogP contribution >= 0.6 is 0 Å². The predicted molar refractivity (Wildman–Crippen MR) is 173 cm³/mol. The number of anilines is 1. The molecular weight excluding hydrogens is 590 g/mol. The van der Waals surface area contributed by atoms with Crippen LogP contribution in [0.5, 0.6) is 0 Å². The van der Waals surface area contributed by atoms with Crippen LogP contribution in [-0.2, 0) is 26.1 Å². The quantitative estimate of drug-likeness (QED) is 0.173. The van der Waals surface area contributed by atoms with E-state index in [-0.39, 0.29) is 23.4 Å². The largest absolute Gasteiger partial charge is 0.363 e. The number of sulfonamides is 1. The number of carbonyl (C=O) groups excluding carboxylic acids is 1. The van der Waals surface area contributed by atoms with Crippen molar-refractivity contribution < 1.29 is 22.5 Å². The highest BCUT2D eigenvalue weighted by Crippen LogP contribution is 2.41. The number of fused-ring (bicyclic) bond motifs is 1. The lowest BCUT2D eigenvalue weighted by Crippen LogP contribution is -2.40. The molecule has 1 aliphatic heterocycles. The fraction of sp³-hybridized carbons (Fsp3) is 0.412. The number of unbranched alkanes of at least 4 members (excludes halogenated alkanes) is 1. The standard InChI is InChI=1S/C34H39N5O5S/c1-5-6-13-31-36-34(15-9-10-16-34)33(40)38(31)21-27-19-25(18-26-20-35-17-14-28(26)27)29-11-7-8-12-30(29)45(41,42)39(22-43-4)32-23(2)24(3)44-37-32/h7-8,11-12,14,17-20H,5-6,9-10,13,15-16,21-22H2,1-4H3. The Morgan fingerprint density at radius 3 is 2.60 bits per heavy atom. The number of amides is 1. The van der Waals surface area contributed by atoms with Crippen molar-refractivity contribution in [3.63, 3.8) is 0 Å². The van der Waals surface area contributed by atoms with E-state index in [1.807, 2.05) is 29.2 Å². The van der Waals surface area contributed by atoms with Crippen LogP contribution in [0.1, 0.15) is 68.8 Å². The third-order valence-electron chi connectivity index (χ3n) is 9.03. The number of aryl methyl sites for hydroxylation is 1. The summed E-state index contributed by atoms with van der Waals surface area (Å²) in [6, 6.07) is 12.8. The van der Waals surface area contributed by atoms with Crippen molar-refractivity contribution in [2.24, 2.45) is 4.99 Å². The van der Waals surface area contributed by atoms with Gasteiger partial charge in [-0.25, -0.2) is 12.7 Å². The molecule has 0 radical (unpaired) electrons. The molecule has 6 rings (SSSR count). The Morgan fingerprint density at radius 1 is 1.11 bits per heavy atom. The molecule has 1 spiro atoms. The van der Waals surface area contributed by atoms with E-state index in [1.165, 1.54) is 7.11 Å². The molecule has 1 amide bonds. The Balaban J connectivity index is 1.45. The molecule has 0 saturated heterocycles. The zero-order chi connectivity index (χ0) is 31.8. The maximum atomic E-state index is 14.3. The number of nitrogens with zero attached hydrogens (tertiary/aromatic N) is 5. The van der Waals surface area contributed by atoms with E-state index in [0.717, 1.165) is 71.4 Å². The lowest BCUT2D eigenvalue weighted by atomic mass is 9.96. The zero-order valence-electron chi connectivity index (χ0n) is 26.2. The van der Waals surface area contributed by atoms with Crippen LogP contribution in [0.25, 0.3) is 21.9 Å². The first-order chi connectivity index (χ1) is 21.7. The molecule has 1 fully saturated rings. The zero-order valence-corrected chi connectivity index (χ0v) is 27.1. The molecule has 236 valence electrons. The number of pyridine rings is 1. The molecule has 3 heterocycles. The average molecular weight is 630 g/mol. The van der Waals surface area contributed by atoms with Gasteiger partial charge in [0.15, 0.2) is 5.82 Å². The SMILES string of the molecule is CCCCC1=NC2(CCCC2)C(=O)N1Cc1cc(-c2ccccc2S(=O)(=O)N(COC)c2noc(C)c2C)cc2cnccc12. The molecule has 10 nitrogen and oxygen atoms in total. The topological polar surface area (TPSA) is 118 Å². The van der Waals surface area contributed by atoms with E-state index in [4.69, 9.17) is 14.3 Å². The van der Waals surface area contributed by atoms with Crippen molar-refractivity contribution in [2.45, 2.75) is 82.7 Å². The van der Waals surface area contributed by atoms with E-state index >= 15 is 0 Å². The van der Waals surface area contributed by atoms with Crippen molar-refractivity contribution in [2.75, 3.05) is 18.1 Å². The third-order valence-corrected chi connectivity index (χ3v) is 10.8. The molecule has 4 aromatic rings.